The van der Waals surface area contributed by atoms with Gasteiger partial charge in [-0.1, -0.05) is 6.42 Å². The Balaban J connectivity index is 1.98. The molecule has 1 heterocycles. The number of likely N-dealkylation sites (tertiary alicyclic amines) is 1. The molecule has 0 aromatic heterocycles. The molecule has 3 N–H and O–H groups in total. The van der Waals surface area contributed by atoms with E-state index < -0.39 is 5.97 Å². The minimum atomic E-state index is -0.783. The lowest BCUT2D eigenvalue weighted by molar-refractivity contribution is -0.147. The van der Waals surface area contributed by atoms with Crippen LogP contribution in [0.1, 0.15) is 32.1 Å². The summed E-state index contributed by atoms with van der Waals surface area (Å²) in [5.41, 5.74) is 5.70. The van der Waals surface area contributed by atoms with Crippen molar-refractivity contribution in [3.05, 3.63) is 0 Å². The Hall–Kier alpha value is -1.10. The van der Waals surface area contributed by atoms with Crippen molar-refractivity contribution >= 4 is 11.9 Å². The van der Waals surface area contributed by atoms with E-state index >= 15 is 0 Å². The van der Waals surface area contributed by atoms with E-state index in [0.717, 1.165) is 25.7 Å². The number of hydrogen-bond acceptors (Lipinski definition) is 3. The molecule has 1 aliphatic heterocycles. The second-order valence-electron chi connectivity index (χ2n) is 5.49. The molecule has 102 valence electrons. The van der Waals surface area contributed by atoms with E-state index in [2.05, 4.69) is 0 Å². The van der Waals surface area contributed by atoms with Gasteiger partial charge in [0.1, 0.15) is 0 Å². The zero-order valence-corrected chi connectivity index (χ0v) is 10.7. The SMILES string of the molecule is NCC1CCCC1C(=O)N1CCC[C@H](C(=O)O)C1. The van der Waals surface area contributed by atoms with Gasteiger partial charge in [0, 0.05) is 19.0 Å². The van der Waals surface area contributed by atoms with Gasteiger partial charge in [-0.25, -0.2) is 0 Å². The minimum absolute atomic E-state index is 0.0301. The van der Waals surface area contributed by atoms with Gasteiger partial charge < -0.3 is 15.7 Å². The van der Waals surface area contributed by atoms with Crippen LogP contribution in [0.5, 0.6) is 0 Å². The van der Waals surface area contributed by atoms with E-state index in [1.165, 1.54) is 0 Å². The highest BCUT2D eigenvalue weighted by Gasteiger charge is 2.37. The molecule has 5 heteroatoms. The van der Waals surface area contributed by atoms with E-state index in [0.29, 0.717) is 32.0 Å². The van der Waals surface area contributed by atoms with Crippen molar-refractivity contribution < 1.29 is 14.7 Å². The maximum atomic E-state index is 12.4. The molecule has 0 bridgehead atoms. The van der Waals surface area contributed by atoms with Gasteiger partial charge in [0.2, 0.25) is 5.91 Å². The van der Waals surface area contributed by atoms with Crippen LogP contribution in [-0.2, 0) is 9.59 Å². The molecule has 0 radical (unpaired) electrons. The van der Waals surface area contributed by atoms with E-state index in [1.54, 1.807) is 4.90 Å². The first-order chi connectivity index (χ1) is 8.63. The Morgan fingerprint density at radius 1 is 1.22 bits per heavy atom. The van der Waals surface area contributed by atoms with E-state index in [-0.39, 0.29) is 17.7 Å². The zero-order valence-electron chi connectivity index (χ0n) is 10.7. The molecule has 0 aromatic carbocycles. The summed E-state index contributed by atoms with van der Waals surface area (Å²) in [7, 11) is 0. The van der Waals surface area contributed by atoms with Gasteiger partial charge in [-0.15, -0.1) is 0 Å². The van der Waals surface area contributed by atoms with Gasteiger partial charge in [-0.3, -0.25) is 9.59 Å². The summed E-state index contributed by atoms with van der Waals surface area (Å²) in [6.07, 6.45) is 4.49. The van der Waals surface area contributed by atoms with Gasteiger partial charge in [0.25, 0.3) is 0 Å². The molecule has 5 nitrogen and oxygen atoms in total. The predicted molar refractivity (Wildman–Crippen MR) is 66.8 cm³/mol. The van der Waals surface area contributed by atoms with E-state index in [4.69, 9.17) is 10.8 Å². The van der Waals surface area contributed by atoms with Crippen molar-refractivity contribution in [3.8, 4) is 0 Å². The van der Waals surface area contributed by atoms with Gasteiger partial charge in [0.05, 0.1) is 5.92 Å². The van der Waals surface area contributed by atoms with Crippen LogP contribution in [-0.4, -0.2) is 41.5 Å². The third kappa shape index (κ3) is 2.66. The Morgan fingerprint density at radius 3 is 2.67 bits per heavy atom. The van der Waals surface area contributed by atoms with Crippen molar-refractivity contribution in [2.24, 2.45) is 23.5 Å². The van der Waals surface area contributed by atoms with Crippen LogP contribution >= 0.6 is 0 Å². The first-order valence-electron chi connectivity index (χ1n) is 6.85. The number of rotatable bonds is 3. The number of carbonyl (C=O) groups is 2. The van der Waals surface area contributed by atoms with Crippen LogP contribution in [0.2, 0.25) is 0 Å². The molecule has 1 amide bonds. The summed E-state index contributed by atoms with van der Waals surface area (Å²) in [4.78, 5) is 25.2. The minimum Gasteiger partial charge on any atom is -0.481 e. The first kappa shape index (κ1) is 13.3. The molecule has 2 aliphatic rings. The lowest BCUT2D eigenvalue weighted by Gasteiger charge is -2.33. The average molecular weight is 254 g/mol. The highest BCUT2D eigenvalue weighted by Crippen LogP contribution is 2.33. The van der Waals surface area contributed by atoms with Crippen molar-refractivity contribution in [1.82, 2.24) is 4.90 Å². The van der Waals surface area contributed by atoms with Gasteiger partial charge >= 0.3 is 5.97 Å². The molecule has 1 saturated carbocycles. The summed E-state index contributed by atoms with van der Waals surface area (Å²) < 4.78 is 0. The third-order valence-electron chi connectivity index (χ3n) is 4.36. The number of piperidine rings is 1. The lowest BCUT2D eigenvalue weighted by Crippen LogP contribution is -2.46. The standard InChI is InChI=1S/C13H22N2O3/c14-7-9-3-1-5-11(9)12(16)15-6-2-4-10(8-15)13(17)18/h9-11H,1-8,14H2,(H,17,18)/t9?,10-,11?/m0/s1. The Kier molecular flexibility index (Phi) is 4.22. The summed E-state index contributed by atoms with van der Waals surface area (Å²) >= 11 is 0. The van der Waals surface area contributed by atoms with Crippen LogP contribution < -0.4 is 5.73 Å². The molecule has 1 aliphatic carbocycles. The molecule has 2 fully saturated rings. The van der Waals surface area contributed by atoms with E-state index in [9.17, 15) is 9.59 Å². The molecule has 3 atom stereocenters. The zero-order chi connectivity index (χ0) is 13.1. The quantitative estimate of drug-likeness (QED) is 0.776. The number of carbonyl (C=O) groups excluding carboxylic acids is 1. The number of amides is 1. The molecule has 1 saturated heterocycles. The molecular formula is C13H22N2O3. The molecule has 18 heavy (non-hydrogen) atoms. The Labute approximate surface area is 107 Å². The largest absolute Gasteiger partial charge is 0.481 e. The number of nitrogens with zero attached hydrogens (tertiary/aromatic N) is 1. The predicted octanol–water partition coefficient (Wildman–Crippen LogP) is 0.685. The van der Waals surface area contributed by atoms with Gasteiger partial charge in [-0.2, -0.15) is 0 Å². The van der Waals surface area contributed by atoms with Gasteiger partial charge in [-0.05, 0) is 38.1 Å². The molecule has 2 unspecified atom stereocenters. The molecule has 0 spiro atoms. The van der Waals surface area contributed by atoms with Crippen LogP contribution in [0.4, 0.5) is 0 Å². The van der Waals surface area contributed by atoms with Crippen LogP contribution in [0.3, 0.4) is 0 Å². The number of carboxylic acid groups (broad SMARTS) is 1. The third-order valence-corrected chi connectivity index (χ3v) is 4.36. The first-order valence-corrected chi connectivity index (χ1v) is 6.85. The maximum Gasteiger partial charge on any atom is 0.308 e. The Bertz CT molecular complexity index is 332. The molecular weight excluding hydrogens is 232 g/mol. The average Bonchev–Trinajstić information content (AvgIpc) is 2.86. The van der Waals surface area contributed by atoms with Crippen molar-refractivity contribution in [1.29, 1.82) is 0 Å². The fraction of sp³-hybridized carbons (Fsp3) is 0.846. The monoisotopic (exact) mass is 254 g/mol. The summed E-state index contributed by atoms with van der Waals surface area (Å²) in [6, 6.07) is 0. The van der Waals surface area contributed by atoms with Crippen LogP contribution in [0.15, 0.2) is 0 Å². The van der Waals surface area contributed by atoms with Crippen molar-refractivity contribution in [3.63, 3.8) is 0 Å². The summed E-state index contributed by atoms with van der Waals surface area (Å²) in [5, 5.41) is 9.04. The Morgan fingerprint density at radius 2 is 2.00 bits per heavy atom. The fourth-order valence-corrected chi connectivity index (χ4v) is 3.26. The second kappa shape index (κ2) is 5.69. The fourth-order valence-electron chi connectivity index (χ4n) is 3.26. The number of aliphatic carboxylic acids is 1. The lowest BCUT2D eigenvalue weighted by atomic mass is 9.92. The number of carboxylic acids is 1. The second-order valence-corrected chi connectivity index (χ2v) is 5.49. The topological polar surface area (TPSA) is 83.6 Å². The normalized spacial score (nSPS) is 32.5. The number of hydrogen-bond donors (Lipinski definition) is 2. The highest BCUT2D eigenvalue weighted by molar-refractivity contribution is 5.80. The van der Waals surface area contributed by atoms with E-state index in [1.807, 2.05) is 0 Å². The summed E-state index contributed by atoms with van der Waals surface area (Å²) in [5.74, 6) is -0.714. The molecule has 2 rings (SSSR count). The van der Waals surface area contributed by atoms with Crippen LogP contribution in [0.25, 0.3) is 0 Å². The van der Waals surface area contributed by atoms with Crippen LogP contribution in [0, 0.1) is 17.8 Å². The van der Waals surface area contributed by atoms with Gasteiger partial charge in [0.15, 0.2) is 0 Å². The smallest absolute Gasteiger partial charge is 0.308 e. The highest BCUT2D eigenvalue weighted by atomic mass is 16.4. The number of nitrogens with two attached hydrogens (primary N) is 1. The van der Waals surface area contributed by atoms with Crippen molar-refractivity contribution in [2.75, 3.05) is 19.6 Å². The molecule has 0 aromatic rings. The maximum absolute atomic E-state index is 12.4. The van der Waals surface area contributed by atoms with Crippen molar-refractivity contribution in [2.45, 2.75) is 32.1 Å². The summed E-state index contributed by atoms with van der Waals surface area (Å²) in [6.45, 7) is 1.64.